The molecule has 0 spiro atoms. The number of nitrogens with one attached hydrogen (secondary N) is 1. The van der Waals surface area contributed by atoms with Crippen molar-refractivity contribution in [3.63, 3.8) is 0 Å². The molecule has 2 aliphatic carbocycles. The molecule has 0 bridgehead atoms. The molecule has 3 atom stereocenters. The van der Waals surface area contributed by atoms with Gasteiger partial charge >= 0.3 is 0 Å². The first kappa shape index (κ1) is 16.4. The van der Waals surface area contributed by atoms with Crippen LogP contribution in [-0.2, 0) is 18.3 Å². The van der Waals surface area contributed by atoms with Crippen molar-refractivity contribution < 1.29 is 4.79 Å². The number of carbonyl (C=O) groups is 1. The Balaban J connectivity index is 1.40. The normalized spacial score (nSPS) is 24.2. The number of hydrogen-bond acceptors (Lipinski definition) is 2. The fourth-order valence-electron chi connectivity index (χ4n) is 4.34. The van der Waals surface area contributed by atoms with Crippen molar-refractivity contribution in [2.45, 2.75) is 50.5 Å². The highest BCUT2D eigenvalue weighted by Gasteiger charge is 2.45. The molecule has 0 unspecified atom stereocenters. The third-order valence-corrected chi connectivity index (χ3v) is 5.88. The van der Waals surface area contributed by atoms with Crippen molar-refractivity contribution in [1.29, 1.82) is 0 Å². The Hall–Kier alpha value is -2.10. The molecule has 2 saturated carbocycles. The Morgan fingerprint density at radius 1 is 1.28 bits per heavy atom. The minimum Gasteiger partial charge on any atom is -0.353 e. The molecule has 1 aromatic carbocycles. The summed E-state index contributed by atoms with van der Waals surface area (Å²) >= 11 is 0. The first-order valence-electron chi connectivity index (χ1n) is 9.53. The summed E-state index contributed by atoms with van der Waals surface area (Å²) < 4.78 is 1.82. The highest BCUT2D eigenvalue weighted by Crippen LogP contribution is 2.47. The number of aromatic nitrogens is 2. The molecule has 1 amide bonds. The number of carbonyl (C=O) groups excluding carboxylic acids is 1. The molecule has 25 heavy (non-hydrogen) atoms. The lowest BCUT2D eigenvalue weighted by atomic mass is 9.92. The molecule has 1 N–H and O–H groups in total. The summed E-state index contributed by atoms with van der Waals surface area (Å²) in [4.78, 5) is 12.8. The highest BCUT2D eigenvalue weighted by atomic mass is 16.2. The Bertz CT molecular complexity index is 718. The van der Waals surface area contributed by atoms with Crippen LogP contribution in [0.3, 0.4) is 0 Å². The summed E-state index contributed by atoms with van der Waals surface area (Å²) in [5.74, 6) is 1.35. The van der Waals surface area contributed by atoms with Gasteiger partial charge in [-0.15, -0.1) is 0 Å². The molecular weight excluding hydrogens is 310 g/mol. The first-order valence-corrected chi connectivity index (χ1v) is 9.53. The lowest BCUT2D eigenvalue weighted by Crippen LogP contribution is -2.42. The van der Waals surface area contributed by atoms with E-state index < -0.39 is 0 Å². The van der Waals surface area contributed by atoms with E-state index in [2.05, 4.69) is 40.7 Å². The lowest BCUT2D eigenvalue weighted by molar-refractivity contribution is -0.123. The maximum Gasteiger partial charge on any atom is 0.223 e. The molecule has 0 saturated heterocycles. The molecule has 2 aliphatic rings. The molecule has 132 valence electrons. The quantitative estimate of drug-likeness (QED) is 0.878. The lowest BCUT2D eigenvalue weighted by Gasteiger charge is -2.25. The fourth-order valence-corrected chi connectivity index (χ4v) is 4.34. The molecule has 0 aliphatic heterocycles. The second-order valence-corrected chi connectivity index (χ2v) is 7.75. The minimum absolute atomic E-state index is 0.129. The van der Waals surface area contributed by atoms with Crippen LogP contribution in [0.5, 0.6) is 0 Å². The molecular formula is C21H27N3O. The zero-order valence-corrected chi connectivity index (χ0v) is 14.9. The monoisotopic (exact) mass is 337 g/mol. The molecule has 2 aromatic rings. The van der Waals surface area contributed by atoms with Crippen molar-refractivity contribution in [1.82, 2.24) is 15.1 Å². The van der Waals surface area contributed by atoms with Crippen LogP contribution in [0.2, 0.25) is 0 Å². The van der Waals surface area contributed by atoms with Crippen molar-refractivity contribution >= 4 is 5.91 Å². The van der Waals surface area contributed by atoms with Crippen LogP contribution in [0, 0.1) is 11.8 Å². The Kier molecular flexibility index (Phi) is 4.60. The molecule has 2 fully saturated rings. The predicted molar refractivity (Wildman–Crippen MR) is 98.1 cm³/mol. The average Bonchev–Trinajstić information content (AvgIpc) is 3.02. The number of amides is 1. The Morgan fingerprint density at radius 3 is 2.72 bits per heavy atom. The molecule has 0 radical (unpaired) electrons. The van der Waals surface area contributed by atoms with Gasteiger partial charge in [-0.3, -0.25) is 9.48 Å². The second kappa shape index (κ2) is 7.03. The maximum absolute atomic E-state index is 12.8. The third kappa shape index (κ3) is 3.78. The Morgan fingerprint density at radius 2 is 2.04 bits per heavy atom. The van der Waals surface area contributed by atoms with E-state index in [0.717, 1.165) is 12.8 Å². The molecule has 4 rings (SSSR count). The van der Waals surface area contributed by atoms with E-state index in [1.807, 2.05) is 24.1 Å². The van der Waals surface area contributed by atoms with Gasteiger partial charge in [0.15, 0.2) is 0 Å². The summed E-state index contributed by atoms with van der Waals surface area (Å²) in [7, 11) is 1.93. The largest absolute Gasteiger partial charge is 0.353 e. The molecule has 4 heteroatoms. The number of nitrogens with zero attached hydrogens (tertiary/aromatic N) is 2. The maximum atomic E-state index is 12.8. The summed E-state index contributed by atoms with van der Waals surface area (Å²) in [5, 5.41) is 7.65. The second-order valence-electron chi connectivity index (χ2n) is 7.75. The molecule has 1 aromatic heterocycles. The van der Waals surface area contributed by atoms with E-state index in [1.165, 1.54) is 36.8 Å². The van der Waals surface area contributed by atoms with E-state index in [1.54, 1.807) is 0 Å². The van der Waals surface area contributed by atoms with E-state index >= 15 is 0 Å². The van der Waals surface area contributed by atoms with Crippen LogP contribution in [0.25, 0.3) is 0 Å². The van der Waals surface area contributed by atoms with Gasteiger partial charge in [0.25, 0.3) is 0 Å². The van der Waals surface area contributed by atoms with Crippen LogP contribution >= 0.6 is 0 Å². The van der Waals surface area contributed by atoms with Crippen LogP contribution in [0.15, 0.2) is 42.7 Å². The molecule has 4 nitrogen and oxygen atoms in total. The van der Waals surface area contributed by atoms with Gasteiger partial charge in [0.1, 0.15) is 0 Å². The zero-order chi connectivity index (χ0) is 17.2. The van der Waals surface area contributed by atoms with Gasteiger partial charge in [0.05, 0.1) is 6.20 Å². The molecule has 1 heterocycles. The van der Waals surface area contributed by atoms with Gasteiger partial charge in [-0.2, -0.15) is 5.10 Å². The SMILES string of the molecule is Cn1cc([C@@H]2C[C@@H]2C(=O)N[C@H](Cc2ccccc2)C2CCCC2)cn1. The van der Waals surface area contributed by atoms with E-state index in [0.29, 0.717) is 11.8 Å². The highest BCUT2D eigenvalue weighted by molar-refractivity contribution is 5.83. The predicted octanol–water partition coefficient (Wildman–Crippen LogP) is 3.44. The summed E-state index contributed by atoms with van der Waals surface area (Å²) in [6, 6.07) is 10.8. The van der Waals surface area contributed by atoms with Gasteiger partial charge < -0.3 is 5.32 Å². The van der Waals surface area contributed by atoms with Crippen LogP contribution in [0.1, 0.15) is 49.1 Å². The number of benzene rings is 1. The average molecular weight is 337 g/mol. The van der Waals surface area contributed by atoms with Gasteiger partial charge in [-0.05, 0) is 48.6 Å². The summed E-state index contributed by atoms with van der Waals surface area (Å²) in [5.41, 5.74) is 2.52. The summed E-state index contributed by atoms with van der Waals surface area (Å²) in [6.45, 7) is 0. The minimum atomic E-state index is 0.129. The standard InChI is InChI=1S/C21H27N3O/c1-24-14-17(13-22-24)18-12-19(18)21(25)23-20(16-9-5-6-10-16)11-15-7-3-2-4-8-15/h2-4,7-8,13-14,16,18-20H,5-6,9-12H2,1H3,(H,23,25)/t18-,19-,20+/m0/s1. The number of hydrogen-bond donors (Lipinski definition) is 1. The van der Waals surface area contributed by atoms with Crippen molar-refractivity contribution in [3.8, 4) is 0 Å². The summed E-state index contributed by atoms with van der Waals surface area (Å²) in [6.07, 6.45) is 10.9. The van der Waals surface area contributed by atoms with Crippen LogP contribution in [-0.4, -0.2) is 21.7 Å². The Labute approximate surface area is 149 Å². The van der Waals surface area contributed by atoms with Crippen molar-refractivity contribution in [3.05, 3.63) is 53.9 Å². The van der Waals surface area contributed by atoms with Gasteiger partial charge in [-0.1, -0.05) is 43.2 Å². The third-order valence-electron chi connectivity index (χ3n) is 5.88. The van der Waals surface area contributed by atoms with Crippen LogP contribution in [0.4, 0.5) is 0 Å². The van der Waals surface area contributed by atoms with Crippen molar-refractivity contribution in [2.24, 2.45) is 18.9 Å². The topological polar surface area (TPSA) is 46.9 Å². The van der Waals surface area contributed by atoms with Crippen molar-refractivity contribution in [2.75, 3.05) is 0 Å². The van der Waals surface area contributed by atoms with Gasteiger partial charge in [-0.25, -0.2) is 0 Å². The van der Waals surface area contributed by atoms with E-state index in [4.69, 9.17) is 0 Å². The van der Waals surface area contributed by atoms with Gasteiger partial charge in [0.2, 0.25) is 5.91 Å². The zero-order valence-electron chi connectivity index (χ0n) is 14.9. The fraction of sp³-hybridized carbons (Fsp3) is 0.524. The van der Waals surface area contributed by atoms with E-state index in [9.17, 15) is 4.79 Å². The smallest absolute Gasteiger partial charge is 0.223 e. The van der Waals surface area contributed by atoms with Crippen LogP contribution < -0.4 is 5.32 Å². The number of aryl methyl sites for hydroxylation is 1. The number of rotatable bonds is 6. The van der Waals surface area contributed by atoms with Gasteiger partial charge in [0, 0.05) is 25.2 Å². The first-order chi connectivity index (χ1) is 12.2. The van der Waals surface area contributed by atoms with E-state index in [-0.39, 0.29) is 17.9 Å².